The molecule has 1 aliphatic heterocycles. The van der Waals surface area contributed by atoms with Gasteiger partial charge in [-0.1, -0.05) is 6.07 Å². The molecule has 0 unspecified atom stereocenters. The molecule has 1 saturated heterocycles. The monoisotopic (exact) mass is 434 g/mol. The molecule has 5 rings (SSSR count). The molecule has 164 valence electrons. The summed E-state index contributed by atoms with van der Waals surface area (Å²) in [6.07, 6.45) is 6.43. The minimum atomic E-state index is -0.260. The second-order valence-corrected chi connectivity index (χ2v) is 7.30. The van der Waals surface area contributed by atoms with Crippen molar-refractivity contribution in [1.29, 1.82) is 0 Å². The fraction of sp³-hybridized carbons (Fsp3) is 0.227. The number of morpholine rings is 1. The van der Waals surface area contributed by atoms with E-state index in [4.69, 9.17) is 14.0 Å². The lowest BCUT2D eigenvalue weighted by Gasteiger charge is -2.26. The number of pyridine rings is 1. The normalized spacial score (nSPS) is 14.4. The molecule has 4 heterocycles. The molecule has 0 spiro atoms. The number of aromatic amines is 1. The zero-order chi connectivity index (χ0) is 21.9. The van der Waals surface area contributed by atoms with Crippen LogP contribution in [-0.2, 0) is 4.74 Å². The van der Waals surface area contributed by atoms with Gasteiger partial charge >= 0.3 is 5.69 Å². The number of imidazole rings is 1. The first-order valence-corrected chi connectivity index (χ1v) is 10.2. The van der Waals surface area contributed by atoms with E-state index in [1.54, 1.807) is 36.9 Å². The Morgan fingerprint density at radius 3 is 2.84 bits per heavy atom. The van der Waals surface area contributed by atoms with Crippen molar-refractivity contribution in [3.63, 3.8) is 0 Å². The number of nitrogens with zero attached hydrogens (tertiary/aromatic N) is 4. The summed E-state index contributed by atoms with van der Waals surface area (Å²) in [5.41, 5.74) is 2.35. The van der Waals surface area contributed by atoms with Crippen LogP contribution < -0.4 is 15.8 Å². The van der Waals surface area contributed by atoms with Crippen LogP contribution in [0.5, 0.6) is 5.75 Å². The third kappa shape index (κ3) is 4.27. The molecule has 0 atom stereocenters. The van der Waals surface area contributed by atoms with E-state index in [-0.39, 0.29) is 5.69 Å². The molecule has 0 amide bonds. The SMILES string of the molecule is Cc1ccc(ON2CCOCC2)cc1Nc1ncc(-c2ccnc(-n3cc[nH]c3=O)c2)o1. The van der Waals surface area contributed by atoms with E-state index >= 15 is 0 Å². The predicted octanol–water partition coefficient (Wildman–Crippen LogP) is 2.89. The van der Waals surface area contributed by atoms with Gasteiger partial charge in [0.05, 0.1) is 32.5 Å². The van der Waals surface area contributed by atoms with Crippen LogP contribution in [0.3, 0.4) is 0 Å². The molecule has 0 bridgehead atoms. The summed E-state index contributed by atoms with van der Waals surface area (Å²) in [6, 6.07) is 9.74. The Labute approximate surface area is 183 Å². The number of H-pyrrole nitrogens is 1. The zero-order valence-electron chi connectivity index (χ0n) is 17.4. The van der Waals surface area contributed by atoms with Gasteiger partial charge in [0.25, 0.3) is 6.01 Å². The summed E-state index contributed by atoms with van der Waals surface area (Å²) in [4.78, 5) is 29.0. The van der Waals surface area contributed by atoms with Crippen molar-refractivity contribution in [2.24, 2.45) is 0 Å². The molecule has 0 aliphatic carbocycles. The molecule has 1 fully saturated rings. The molecule has 3 aromatic heterocycles. The average molecular weight is 434 g/mol. The van der Waals surface area contributed by atoms with Crippen molar-refractivity contribution in [2.45, 2.75) is 6.92 Å². The predicted molar refractivity (Wildman–Crippen MR) is 117 cm³/mol. The minimum Gasteiger partial charge on any atom is -0.423 e. The first kappa shape index (κ1) is 20.0. The number of oxazole rings is 1. The van der Waals surface area contributed by atoms with Crippen LogP contribution >= 0.6 is 0 Å². The quantitative estimate of drug-likeness (QED) is 0.477. The van der Waals surface area contributed by atoms with Gasteiger partial charge in [0, 0.05) is 35.9 Å². The molecule has 0 radical (unpaired) electrons. The van der Waals surface area contributed by atoms with Crippen LogP contribution in [0.25, 0.3) is 17.1 Å². The highest BCUT2D eigenvalue weighted by Gasteiger charge is 2.14. The standard InChI is InChI=1S/C22H22N6O4/c1-15-2-3-17(32-27-8-10-30-11-9-27)13-18(15)26-21-25-14-19(31-21)16-4-5-23-20(12-16)28-7-6-24-22(28)29/h2-7,12-14H,8-11H2,1H3,(H,24,29)(H,25,26). The average Bonchev–Trinajstić information content (AvgIpc) is 3.46. The van der Waals surface area contributed by atoms with Gasteiger partial charge in [-0.05, 0) is 30.7 Å². The topological polar surface area (TPSA) is 110 Å². The summed E-state index contributed by atoms with van der Waals surface area (Å²) in [6.45, 7) is 4.76. The summed E-state index contributed by atoms with van der Waals surface area (Å²) in [5, 5.41) is 5.10. The van der Waals surface area contributed by atoms with Gasteiger partial charge in [-0.15, -0.1) is 5.06 Å². The van der Waals surface area contributed by atoms with Gasteiger partial charge in [0.2, 0.25) is 0 Å². The Morgan fingerprint density at radius 1 is 1.16 bits per heavy atom. The molecular formula is C22H22N6O4. The van der Waals surface area contributed by atoms with Crippen molar-refractivity contribution in [1.82, 2.24) is 24.6 Å². The zero-order valence-corrected chi connectivity index (χ0v) is 17.4. The van der Waals surface area contributed by atoms with Crippen LogP contribution in [0.2, 0.25) is 0 Å². The van der Waals surface area contributed by atoms with Crippen LogP contribution in [0.15, 0.2) is 64.3 Å². The Bertz CT molecular complexity index is 1270. The van der Waals surface area contributed by atoms with Crippen molar-refractivity contribution >= 4 is 11.7 Å². The Morgan fingerprint density at radius 2 is 2.03 bits per heavy atom. The smallest absolute Gasteiger partial charge is 0.331 e. The van der Waals surface area contributed by atoms with Gasteiger partial charge in [0.1, 0.15) is 11.6 Å². The Balaban J connectivity index is 1.34. The fourth-order valence-corrected chi connectivity index (χ4v) is 3.36. The van der Waals surface area contributed by atoms with Crippen LogP contribution in [0.1, 0.15) is 5.56 Å². The van der Waals surface area contributed by atoms with E-state index in [9.17, 15) is 4.79 Å². The van der Waals surface area contributed by atoms with Gasteiger partial charge in [-0.25, -0.2) is 14.8 Å². The molecule has 1 aliphatic rings. The summed E-state index contributed by atoms with van der Waals surface area (Å²) in [7, 11) is 0. The number of nitrogens with one attached hydrogen (secondary N) is 2. The maximum atomic E-state index is 11.9. The third-order valence-corrected chi connectivity index (χ3v) is 5.09. The highest BCUT2D eigenvalue weighted by atomic mass is 16.7. The number of hydrogen-bond acceptors (Lipinski definition) is 8. The van der Waals surface area contributed by atoms with E-state index in [2.05, 4.69) is 20.3 Å². The van der Waals surface area contributed by atoms with Gasteiger partial charge < -0.3 is 24.3 Å². The second kappa shape index (κ2) is 8.69. The van der Waals surface area contributed by atoms with Crippen LogP contribution in [0, 0.1) is 6.92 Å². The number of anilines is 2. The highest BCUT2D eigenvalue weighted by molar-refractivity contribution is 5.63. The Kier molecular flexibility index (Phi) is 5.44. The maximum Gasteiger partial charge on any atom is 0.331 e. The minimum absolute atomic E-state index is 0.260. The largest absolute Gasteiger partial charge is 0.423 e. The second-order valence-electron chi connectivity index (χ2n) is 7.30. The van der Waals surface area contributed by atoms with E-state index in [0.29, 0.717) is 30.8 Å². The summed E-state index contributed by atoms with van der Waals surface area (Å²) >= 11 is 0. The third-order valence-electron chi connectivity index (χ3n) is 5.09. The molecule has 2 N–H and O–H groups in total. The number of hydrogen-bond donors (Lipinski definition) is 2. The first-order valence-electron chi connectivity index (χ1n) is 10.2. The van der Waals surface area contributed by atoms with Crippen LogP contribution in [-0.4, -0.2) is 50.9 Å². The van der Waals surface area contributed by atoms with Gasteiger partial charge in [-0.3, -0.25) is 4.57 Å². The summed E-state index contributed by atoms with van der Waals surface area (Å²) in [5.74, 6) is 1.77. The molecule has 4 aromatic rings. The molecule has 0 saturated carbocycles. The Hall–Kier alpha value is -3.89. The molecule has 32 heavy (non-hydrogen) atoms. The lowest BCUT2D eigenvalue weighted by Crippen LogP contribution is -2.38. The molecular weight excluding hydrogens is 412 g/mol. The number of hydroxylamine groups is 2. The molecule has 1 aromatic carbocycles. The van der Waals surface area contributed by atoms with Crippen molar-refractivity contribution in [2.75, 3.05) is 31.6 Å². The fourth-order valence-electron chi connectivity index (χ4n) is 3.36. The van der Waals surface area contributed by atoms with Crippen molar-refractivity contribution in [3.8, 4) is 22.9 Å². The molecule has 10 heteroatoms. The summed E-state index contributed by atoms with van der Waals surface area (Å²) < 4.78 is 12.7. The number of rotatable bonds is 6. The van der Waals surface area contributed by atoms with Gasteiger partial charge in [-0.2, -0.15) is 0 Å². The highest BCUT2D eigenvalue weighted by Crippen LogP contribution is 2.29. The maximum absolute atomic E-state index is 11.9. The lowest BCUT2D eigenvalue weighted by atomic mass is 10.2. The van der Waals surface area contributed by atoms with E-state index in [0.717, 1.165) is 35.7 Å². The van der Waals surface area contributed by atoms with Gasteiger partial charge in [0.15, 0.2) is 5.76 Å². The first-order chi connectivity index (χ1) is 15.7. The molecule has 10 nitrogen and oxygen atoms in total. The van der Waals surface area contributed by atoms with Crippen molar-refractivity contribution in [3.05, 3.63) is 71.2 Å². The number of benzene rings is 1. The van der Waals surface area contributed by atoms with Crippen molar-refractivity contribution < 1.29 is 14.0 Å². The van der Waals surface area contributed by atoms with E-state index < -0.39 is 0 Å². The van der Waals surface area contributed by atoms with E-state index in [1.165, 1.54) is 4.57 Å². The number of aryl methyl sites for hydroxylation is 1. The van der Waals surface area contributed by atoms with Crippen LogP contribution in [0.4, 0.5) is 11.7 Å². The number of aromatic nitrogens is 4. The number of ether oxygens (including phenoxy) is 1. The van der Waals surface area contributed by atoms with E-state index in [1.807, 2.05) is 30.2 Å². The lowest BCUT2D eigenvalue weighted by molar-refractivity contribution is -0.118.